The van der Waals surface area contributed by atoms with Crippen LogP contribution >= 0.6 is 0 Å². The standard InChI is InChI=1S/C15H22N4O.C2HF3O2/c1-3-7-19-14-6-8-18(13(14)4-5-15(19)20)11-12-9-16-17(2)10-12;3-2(4,5)1(6)7/h3,9-10,13-14H,1,4-8,11H2,2H3;(H,6,7)/t13-,14-;/m0./s1. The van der Waals surface area contributed by atoms with Crippen LogP contribution in [-0.4, -0.2) is 67.9 Å². The first-order valence-corrected chi connectivity index (χ1v) is 8.55. The smallest absolute Gasteiger partial charge is 0.475 e. The predicted octanol–water partition coefficient (Wildman–Crippen LogP) is 1.80. The molecule has 0 aromatic carbocycles. The zero-order chi connectivity index (χ0) is 20.2. The number of aryl methyl sites for hydroxylation is 1. The maximum absolute atomic E-state index is 12.0. The summed E-state index contributed by atoms with van der Waals surface area (Å²) in [6.45, 7) is 6.45. The Labute approximate surface area is 155 Å². The van der Waals surface area contributed by atoms with E-state index in [0.717, 1.165) is 25.9 Å². The van der Waals surface area contributed by atoms with Crippen molar-refractivity contribution in [2.75, 3.05) is 13.1 Å². The van der Waals surface area contributed by atoms with Crippen molar-refractivity contribution in [3.05, 3.63) is 30.6 Å². The van der Waals surface area contributed by atoms with Crippen LogP contribution in [0.15, 0.2) is 25.0 Å². The van der Waals surface area contributed by atoms with E-state index in [1.807, 2.05) is 28.9 Å². The average molecular weight is 388 g/mol. The molecule has 150 valence electrons. The number of hydrogen-bond acceptors (Lipinski definition) is 4. The van der Waals surface area contributed by atoms with Gasteiger partial charge in [0.1, 0.15) is 0 Å². The first-order valence-electron chi connectivity index (χ1n) is 8.55. The third-order valence-electron chi connectivity index (χ3n) is 4.71. The summed E-state index contributed by atoms with van der Waals surface area (Å²) < 4.78 is 33.6. The SMILES string of the molecule is C=CCN1C(=O)CC[C@H]2[C@@H]1CCN2Cc1cnn(C)c1.O=C(O)C(F)(F)F. The van der Waals surface area contributed by atoms with Crippen LogP contribution in [0.5, 0.6) is 0 Å². The highest BCUT2D eigenvalue weighted by Gasteiger charge is 2.42. The van der Waals surface area contributed by atoms with E-state index in [-0.39, 0.29) is 5.91 Å². The van der Waals surface area contributed by atoms with Crippen LogP contribution in [0, 0.1) is 0 Å². The first-order chi connectivity index (χ1) is 12.6. The minimum atomic E-state index is -5.08. The maximum Gasteiger partial charge on any atom is 0.490 e. The van der Waals surface area contributed by atoms with Gasteiger partial charge in [0.25, 0.3) is 0 Å². The Hall–Kier alpha value is -2.36. The fourth-order valence-electron chi connectivity index (χ4n) is 3.60. The van der Waals surface area contributed by atoms with Crippen molar-refractivity contribution in [2.45, 2.75) is 44.1 Å². The largest absolute Gasteiger partial charge is 0.490 e. The van der Waals surface area contributed by atoms with E-state index in [2.05, 4.69) is 22.8 Å². The molecule has 2 aliphatic rings. The van der Waals surface area contributed by atoms with Crippen LogP contribution < -0.4 is 0 Å². The third-order valence-corrected chi connectivity index (χ3v) is 4.71. The molecule has 1 aromatic rings. The summed E-state index contributed by atoms with van der Waals surface area (Å²) in [5, 5.41) is 11.4. The van der Waals surface area contributed by atoms with Gasteiger partial charge in [-0.2, -0.15) is 18.3 Å². The number of amides is 1. The minimum Gasteiger partial charge on any atom is -0.475 e. The molecule has 0 spiro atoms. The molecule has 27 heavy (non-hydrogen) atoms. The van der Waals surface area contributed by atoms with Gasteiger partial charge in [0.05, 0.1) is 6.20 Å². The lowest BCUT2D eigenvalue weighted by molar-refractivity contribution is -0.192. The fraction of sp³-hybridized carbons (Fsp3) is 0.588. The number of alkyl halides is 3. The zero-order valence-corrected chi connectivity index (χ0v) is 15.0. The minimum absolute atomic E-state index is 0.286. The van der Waals surface area contributed by atoms with Crippen molar-refractivity contribution in [1.29, 1.82) is 0 Å². The number of rotatable bonds is 4. The van der Waals surface area contributed by atoms with Crippen molar-refractivity contribution >= 4 is 11.9 Å². The van der Waals surface area contributed by atoms with Crippen LogP contribution in [-0.2, 0) is 23.2 Å². The Balaban J connectivity index is 0.000000321. The Kier molecular flexibility index (Phi) is 6.63. The molecular weight excluding hydrogens is 365 g/mol. The van der Waals surface area contributed by atoms with E-state index in [0.29, 0.717) is 25.0 Å². The van der Waals surface area contributed by atoms with Gasteiger partial charge in [-0.25, -0.2) is 4.79 Å². The second-order valence-electron chi connectivity index (χ2n) is 6.59. The number of piperidine rings is 1. The van der Waals surface area contributed by atoms with E-state index in [9.17, 15) is 18.0 Å². The first kappa shape index (κ1) is 20.9. The van der Waals surface area contributed by atoms with E-state index >= 15 is 0 Å². The monoisotopic (exact) mass is 388 g/mol. The summed E-state index contributed by atoms with van der Waals surface area (Å²) in [5.74, 6) is -2.47. The van der Waals surface area contributed by atoms with Crippen LogP contribution in [0.4, 0.5) is 13.2 Å². The molecule has 2 aliphatic heterocycles. The van der Waals surface area contributed by atoms with Crippen LogP contribution in [0.1, 0.15) is 24.8 Å². The second-order valence-corrected chi connectivity index (χ2v) is 6.59. The molecule has 3 heterocycles. The van der Waals surface area contributed by atoms with Crippen molar-refractivity contribution in [2.24, 2.45) is 7.05 Å². The van der Waals surface area contributed by atoms with Gasteiger partial charge in [-0.15, -0.1) is 6.58 Å². The van der Waals surface area contributed by atoms with Crippen LogP contribution in [0.25, 0.3) is 0 Å². The van der Waals surface area contributed by atoms with Gasteiger partial charge in [0.15, 0.2) is 0 Å². The summed E-state index contributed by atoms with van der Waals surface area (Å²) in [5.41, 5.74) is 1.25. The number of halogens is 3. The normalized spacial score (nSPS) is 22.8. The molecule has 0 aliphatic carbocycles. The van der Waals surface area contributed by atoms with E-state index < -0.39 is 12.1 Å². The number of carboxylic acids is 1. The highest BCUT2D eigenvalue weighted by atomic mass is 19.4. The Morgan fingerprint density at radius 1 is 1.41 bits per heavy atom. The van der Waals surface area contributed by atoms with Crippen molar-refractivity contribution in [1.82, 2.24) is 19.6 Å². The molecule has 2 atom stereocenters. The van der Waals surface area contributed by atoms with Crippen LogP contribution in [0.2, 0.25) is 0 Å². The van der Waals surface area contributed by atoms with Gasteiger partial charge >= 0.3 is 12.1 Å². The summed E-state index contributed by atoms with van der Waals surface area (Å²) in [6.07, 6.45) is 3.48. The number of aliphatic carboxylic acids is 1. The third kappa shape index (κ3) is 5.31. The molecule has 0 radical (unpaired) electrons. The van der Waals surface area contributed by atoms with E-state index in [1.54, 1.807) is 0 Å². The number of fused-ring (bicyclic) bond motifs is 1. The molecule has 10 heteroatoms. The lowest BCUT2D eigenvalue weighted by Crippen LogP contribution is -2.52. The molecule has 1 amide bonds. The highest BCUT2D eigenvalue weighted by Crippen LogP contribution is 2.32. The van der Waals surface area contributed by atoms with Crippen molar-refractivity contribution in [3.63, 3.8) is 0 Å². The fourth-order valence-corrected chi connectivity index (χ4v) is 3.60. The number of aromatic nitrogens is 2. The highest BCUT2D eigenvalue weighted by molar-refractivity contribution is 5.78. The second kappa shape index (κ2) is 8.55. The molecule has 0 unspecified atom stereocenters. The number of likely N-dealkylation sites (tertiary alicyclic amines) is 2. The van der Waals surface area contributed by atoms with Crippen LogP contribution in [0.3, 0.4) is 0 Å². The molecule has 1 aromatic heterocycles. The topological polar surface area (TPSA) is 78.7 Å². The van der Waals surface area contributed by atoms with Gasteiger partial charge in [-0.1, -0.05) is 6.08 Å². The number of carbonyl (C=O) groups is 2. The summed E-state index contributed by atoms with van der Waals surface area (Å²) in [6, 6.07) is 0.860. The number of hydrogen-bond donors (Lipinski definition) is 1. The number of carbonyl (C=O) groups excluding carboxylic acids is 1. The summed E-state index contributed by atoms with van der Waals surface area (Å²) in [7, 11) is 1.95. The van der Waals surface area contributed by atoms with Crippen molar-refractivity contribution in [3.8, 4) is 0 Å². The molecule has 3 rings (SSSR count). The zero-order valence-electron chi connectivity index (χ0n) is 15.0. The quantitative estimate of drug-likeness (QED) is 0.796. The number of nitrogens with zero attached hydrogens (tertiary/aromatic N) is 4. The molecule has 0 bridgehead atoms. The Bertz CT molecular complexity index is 689. The van der Waals surface area contributed by atoms with Gasteiger partial charge in [0.2, 0.25) is 5.91 Å². The van der Waals surface area contributed by atoms with Gasteiger partial charge in [-0.3, -0.25) is 14.4 Å². The molecule has 7 nitrogen and oxygen atoms in total. The molecule has 2 fully saturated rings. The summed E-state index contributed by atoms with van der Waals surface area (Å²) in [4.78, 5) is 25.5. The van der Waals surface area contributed by atoms with E-state index in [1.165, 1.54) is 5.56 Å². The Morgan fingerprint density at radius 3 is 2.59 bits per heavy atom. The predicted molar refractivity (Wildman–Crippen MR) is 90.6 cm³/mol. The van der Waals surface area contributed by atoms with Gasteiger partial charge in [-0.05, 0) is 12.8 Å². The maximum atomic E-state index is 12.0. The Morgan fingerprint density at radius 2 is 2.07 bits per heavy atom. The lowest BCUT2D eigenvalue weighted by atomic mass is 9.96. The van der Waals surface area contributed by atoms with Gasteiger partial charge < -0.3 is 10.0 Å². The van der Waals surface area contributed by atoms with Crippen molar-refractivity contribution < 1.29 is 27.9 Å². The molecular formula is C17H23F3N4O3. The molecule has 2 saturated heterocycles. The molecule has 1 N–H and O–H groups in total. The summed E-state index contributed by atoms with van der Waals surface area (Å²) >= 11 is 0. The van der Waals surface area contributed by atoms with E-state index in [4.69, 9.17) is 9.90 Å². The number of carboxylic acid groups (broad SMARTS) is 1. The lowest BCUT2D eigenvalue weighted by Gasteiger charge is -2.39. The molecule has 0 saturated carbocycles. The average Bonchev–Trinajstić information content (AvgIpc) is 3.17. The van der Waals surface area contributed by atoms with Gasteiger partial charge in [0, 0.05) is 56.9 Å².